The molecule has 0 radical (unpaired) electrons. The number of aryl methyl sites for hydroxylation is 2. The van der Waals surface area contributed by atoms with Crippen molar-refractivity contribution in [1.29, 1.82) is 0 Å². The average molecular weight is 358 g/mol. The van der Waals surface area contributed by atoms with Crippen LogP contribution < -0.4 is 5.32 Å². The van der Waals surface area contributed by atoms with Gasteiger partial charge in [-0.2, -0.15) is 0 Å². The molecule has 0 aliphatic carbocycles. The third-order valence-corrected chi connectivity index (χ3v) is 8.26. The van der Waals surface area contributed by atoms with Crippen molar-refractivity contribution < 1.29 is 8.42 Å². The van der Waals surface area contributed by atoms with Gasteiger partial charge in [-0.15, -0.1) is 0 Å². The Bertz CT molecular complexity index is 1010. The van der Waals surface area contributed by atoms with Gasteiger partial charge in [0.15, 0.2) is 0 Å². The maximum absolute atomic E-state index is 13.4. The van der Waals surface area contributed by atoms with Gasteiger partial charge in [-0.1, -0.05) is 55.5 Å². The number of para-hydroxylation sites is 1. The number of rotatable bonds is 3. The lowest BCUT2D eigenvalue weighted by atomic mass is 10.2. The van der Waals surface area contributed by atoms with Gasteiger partial charge < -0.3 is 0 Å². The molecule has 2 aromatic carbocycles. The summed E-state index contributed by atoms with van der Waals surface area (Å²) in [6.07, 6.45) is 0. The van der Waals surface area contributed by atoms with Crippen LogP contribution in [0.2, 0.25) is 19.6 Å². The summed E-state index contributed by atoms with van der Waals surface area (Å²) in [5.41, 5.74) is 2.90. The fourth-order valence-electron chi connectivity index (χ4n) is 3.30. The summed E-state index contributed by atoms with van der Waals surface area (Å²) in [6, 6.07) is 14.9. The van der Waals surface area contributed by atoms with Crippen molar-refractivity contribution in [2.75, 3.05) is 0 Å². The molecular weight excluding hydrogens is 334 g/mol. The van der Waals surface area contributed by atoms with Crippen LogP contribution in [-0.4, -0.2) is 20.5 Å². The maximum Gasteiger partial charge on any atom is 0.268 e. The molecule has 24 heavy (non-hydrogen) atoms. The molecule has 0 saturated heterocycles. The van der Waals surface area contributed by atoms with Crippen LogP contribution in [0.5, 0.6) is 0 Å². The quantitative estimate of drug-likeness (QED) is 0.664. The Balaban J connectivity index is 2.43. The number of fused-ring (bicyclic) bond motifs is 1. The first-order valence-electron chi connectivity index (χ1n) is 8.07. The molecule has 0 N–H and O–H groups in total. The van der Waals surface area contributed by atoms with Crippen LogP contribution in [0.15, 0.2) is 53.4 Å². The Hall–Kier alpha value is -1.85. The maximum atomic E-state index is 13.4. The third kappa shape index (κ3) is 2.61. The van der Waals surface area contributed by atoms with E-state index >= 15 is 0 Å². The first-order valence-corrected chi connectivity index (χ1v) is 13.0. The topological polar surface area (TPSA) is 39.1 Å². The second-order valence-corrected chi connectivity index (χ2v) is 14.1. The molecule has 0 spiro atoms. The smallest absolute Gasteiger partial charge is 0.242 e. The number of nitrogens with zero attached hydrogens (tertiary/aromatic N) is 1. The van der Waals surface area contributed by atoms with Crippen molar-refractivity contribution in [3.05, 3.63) is 59.7 Å². The van der Waals surface area contributed by atoms with Gasteiger partial charge in [-0.05, 0) is 37.6 Å². The minimum absolute atomic E-state index is 0.341. The molecular formula is C19H23NO2SSi. The molecule has 0 amide bonds. The van der Waals surface area contributed by atoms with E-state index in [1.807, 2.05) is 50.2 Å². The number of benzene rings is 2. The highest BCUT2D eigenvalue weighted by Gasteiger charge is 2.32. The lowest BCUT2D eigenvalue weighted by Gasteiger charge is -2.21. The molecule has 0 fully saturated rings. The minimum Gasteiger partial charge on any atom is -0.242 e. The summed E-state index contributed by atoms with van der Waals surface area (Å²) in [6.45, 7) is 10.6. The summed E-state index contributed by atoms with van der Waals surface area (Å²) in [7, 11) is -5.50. The van der Waals surface area contributed by atoms with E-state index in [0.717, 1.165) is 27.3 Å². The zero-order valence-corrected chi connectivity index (χ0v) is 16.6. The van der Waals surface area contributed by atoms with Crippen molar-refractivity contribution >= 4 is 34.3 Å². The van der Waals surface area contributed by atoms with Gasteiger partial charge in [0.05, 0.1) is 10.4 Å². The van der Waals surface area contributed by atoms with E-state index in [9.17, 15) is 8.42 Å². The van der Waals surface area contributed by atoms with Crippen molar-refractivity contribution in [3.8, 4) is 0 Å². The second kappa shape index (κ2) is 5.60. The second-order valence-electron chi connectivity index (χ2n) is 7.32. The Morgan fingerprint density at radius 2 is 1.46 bits per heavy atom. The van der Waals surface area contributed by atoms with E-state index in [4.69, 9.17) is 0 Å². The SMILES string of the molecule is Cc1ccc(S(=O)(=O)n2c([Si](C)(C)C)c(C)c3ccccc32)cc1. The highest BCUT2D eigenvalue weighted by Crippen LogP contribution is 2.26. The fourth-order valence-corrected chi connectivity index (χ4v) is 7.96. The molecule has 0 atom stereocenters. The molecule has 126 valence electrons. The molecule has 3 nitrogen and oxygen atoms in total. The zero-order valence-electron chi connectivity index (χ0n) is 14.8. The predicted octanol–water partition coefficient (Wildman–Crippen LogP) is 4.04. The molecule has 0 bridgehead atoms. The first-order chi connectivity index (χ1) is 11.1. The lowest BCUT2D eigenvalue weighted by molar-refractivity contribution is 0.590. The summed E-state index contributed by atoms with van der Waals surface area (Å²) in [5, 5.41) is 2.00. The van der Waals surface area contributed by atoms with Gasteiger partial charge in [-0.25, -0.2) is 12.4 Å². The standard InChI is InChI=1S/C19H23NO2SSi/c1-14-10-12-16(13-11-14)23(21,22)20-18-9-7-6-8-17(18)15(2)19(20)24(3,4)5/h6-13H,1-5H3. The van der Waals surface area contributed by atoms with E-state index in [1.165, 1.54) is 0 Å². The molecule has 0 unspecified atom stereocenters. The third-order valence-electron chi connectivity index (χ3n) is 4.35. The van der Waals surface area contributed by atoms with Crippen molar-refractivity contribution in [2.24, 2.45) is 0 Å². The summed E-state index contributed by atoms with van der Waals surface area (Å²) in [4.78, 5) is 0.341. The molecule has 3 aromatic rings. The molecule has 3 rings (SSSR count). The Kier molecular flexibility index (Phi) is 3.96. The number of hydrogen-bond donors (Lipinski definition) is 0. The molecule has 1 aromatic heterocycles. The van der Waals surface area contributed by atoms with Gasteiger partial charge in [0.2, 0.25) is 0 Å². The highest BCUT2D eigenvalue weighted by molar-refractivity contribution is 7.90. The van der Waals surface area contributed by atoms with E-state index in [2.05, 4.69) is 19.6 Å². The van der Waals surface area contributed by atoms with Gasteiger partial charge >= 0.3 is 0 Å². The summed E-state index contributed by atoms with van der Waals surface area (Å²) < 4.78 is 28.4. The first kappa shape index (κ1) is 17.0. The molecule has 0 saturated carbocycles. The van der Waals surface area contributed by atoms with Crippen LogP contribution >= 0.6 is 0 Å². The van der Waals surface area contributed by atoms with E-state index in [0.29, 0.717) is 4.90 Å². The van der Waals surface area contributed by atoms with Gasteiger partial charge in [0.1, 0.15) is 8.07 Å². The highest BCUT2D eigenvalue weighted by atomic mass is 32.2. The van der Waals surface area contributed by atoms with Crippen LogP contribution in [0.25, 0.3) is 10.9 Å². The normalized spacial score (nSPS) is 12.7. The van der Waals surface area contributed by atoms with Crippen LogP contribution in [0.3, 0.4) is 0 Å². The van der Waals surface area contributed by atoms with Crippen molar-refractivity contribution in [3.63, 3.8) is 0 Å². The number of hydrogen-bond acceptors (Lipinski definition) is 2. The molecule has 0 aliphatic rings. The van der Waals surface area contributed by atoms with E-state index in [1.54, 1.807) is 16.1 Å². The van der Waals surface area contributed by atoms with Crippen LogP contribution in [-0.2, 0) is 10.0 Å². The lowest BCUT2D eigenvalue weighted by Crippen LogP contribution is -2.46. The van der Waals surface area contributed by atoms with E-state index < -0.39 is 18.1 Å². The largest absolute Gasteiger partial charge is 0.268 e. The van der Waals surface area contributed by atoms with Crippen molar-refractivity contribution in [1.82, 2.24) is 3.97 Å². The summed E-state index contributed by atoms with van der Waals surface area (Å²) >= 11 is 0. The Labute approximate surface area is 145 Å². The average Bonchev–Trinajstić information content (AvgIpc) is 2.82. The monoisotopic (exact) mass is 357 g/mol. The van der Waals surface area contributed by atoms with Crippen LogP contribution in [0.1, 0.15) is 11.1 Å². The van der Waals surface area contributed by atoms with Gasteiger partial charge in [0, 0.05) is 10.7 Å². The predicted molar refractivity (Wildman–Crippen MR) is 103 cm³/mol. The van der Waals surface area contributed by atoms with Gasteiger partial charge in [-0.3, -0.25) is 0 Å². The molecule has 1 heterocycles. The molecule has 0 aliphatic heterocycles. The van der Waals surface area contributed by atoms with Gasteiger partial charge in [0.25, 0.3) is 10.0 Å². The Morgan fingerprint density at radius 1 is 0.875 bits per heavy atom. The van der Waals surface area contributed by atoms with Crippen LogP contribution in [0, 0.1) is 13.8 Å². The summed E-state index contributed by atoms with van der Waals surface area (Å²) in [5.74, 6) is 0. The Morgan fingerprint density at radius 3 is 2.04 bits per heavy atom. The van der Waals surface area contributed by atoms with E-state index in [-0.39, 0.29) is 0 Å². The van der Waals surface area contributed by atoms with Crippen LogP contribution in [0.4, 0.5) is 0 Å². The van der Waals surface area contributed by atoms with Crippen molar-refractivity contribution in [2.45, 2.75) is 38.4 Å². The molecule has 5 heteroatoms. The fraction of sp³-hybridized carbons (Fsp3) is 0.263. The zero-order chi connectivity index (χ0) is 17.7. The minimum atomic E-state index is -3.62. The number of aromatic nitrogens is 1.